The SMILES string of the molecule is CC(O)C1CCN(C(=O)N2CCCCC2)C1. The van der Waals surface area contributed by atoms with Crippen molar-refractivity contribution in [2.45, 2.75) is 38.7 Å². The highest BCUT2D eigenvalue weighted by molar-refractivity contribution is 5.74. The fourth-order valence-corrected chi connectivity index (χ4v) is 2.64. The number of hydrogen-bond acceptors (Lipinski definition) is 2. The minimum absolute atomic E-state index is 0.183. The number of piperidine rings is 1. The molecule has 2 amide bonds. The topological polar surface area (TPSA) is 43.8 Å². The average molecular weight is 226 g/mol. The minimum Gasteiger partial charge on any atom is -0.393 e. The van der Waals surface area contributed by atoms with Crippen molar-refractivity contribution in [3.63, 3.8) is 0 Å². The number of aliphatic hydroxyl groups is 1. The van der Waals surface area contributed by atoms with Crippen LogP contribution >= 0.6 is 0 Å². The number of carbonyl (C=O) groups is 1. The van der Waals surface area contributed by atoms with E-state index < -0.39 is 0 Å². The third kappa shape index (κ3) is 2.48. The van der Waals surface area contributed by atoms with Crippen LogP contribution in [0.15, 0.2) is 0 Å². The monoisotopic (exact) mass is 226 g/mol. The van der Waals surface area contributed by atoms with E-state index in [1.54, 1.807) is 0 Å². The van der Waals surface area contributed by atoms with Crippen LogP contribution in [0.5, 0.6) is 0 Å². The molecule has 2 rings (SSSR count). The molecule has 0 aromatic heterocycles. The number of urea groups is 1. The molecule has 0 aliphatic carbocycles. The van der Waals surface area contributed by atoms with Crippen molar-refractivity contribution in [2.24, 2.45) is 5.92 Å². The zero-order valence-electron chi connectivity index (χ0n) is 10.1. The Hall–Kier alpha value is -0.770. The molecule has 1 N–H and O–H groups in total. The smallest absolute Gasteiger partial charge is 0.320 e. The molecule has 0 bridgehead atoms. The first-order chi connectivity index (χ1) is 7.68. The number of carbonyl (C=O) groups excluding carboxylic acids is 1. The van der Waals surface area contributed by atoms with Gasteiger partial charge in [-0.3, -0.25) is 0 Å². The molecule has 0 aromatic rings. The van der Waals surface area contributed by atoms with Gasteiger partial charge in [0.05, 0.1) is 6.10 Å². The van der Waals surface area contributed by atoms with E-state index in [2.05, 4.69) is 0 Å². The van der Waals surface area contributed by atoms with E-state index in [1.165, 1.54) is 6.42 Å². The Labute approximate surface area is 97.2 Å². The van der Waals surface area contributed by atoms with E-state index in [9.17, 15) is 9.90 Å². The number of amides is 2. The maximum Gasteiger partial charge on any atom is 0.320 e. The van der Waals surface area contributed by atoms with Gasteiger partial charge in [-0.15, -0.1) is 0 Å². The lowest BCUT2D eigenvalue weighted by Crippen LogP contribution is -2.44. The highest BCUT2D eigenvalue weighted by Gasteiger charge is 2.31. The van der Waals surface area contributed by atoms with Crippen molar-refractivity contribution < 1.29 is 9.90 Å². The second-order valence-electron chi connectivity index (χ2n) is 5.07. The molecule has 4 nitrogen and oxygen atoms in total. The van der Waals surface area contributed by atoms with Crippen molar-refractivity contribution in [2.75, 3.05) is 26.2 Å². The summed E-state index contributed by atoms with van der Waals surface area (Å²) in [4.78, 5) is 16.0. The number of likely N-dealkylation sites (tertiary alicyclic amines) is 2. The Morgan fingerprint density at radius 2 is 1.88 bits per heavy atom. The fourth-order valence-electron chi connectivity index (χ4n) is 2.64. The molecule has 92 valence electrons. The lowest BCUT2D eigenvalue weighted by molar-refractivity contribution is 0.122. The first-order valence-corrected chi connectivity index (χ1v) is 6.40. The van der Waals surface area contributed by atoms with Crippen LogP contribution in [0.1, 0.15) is 32.6 Å². The van der Waals surface area contributed by atoms with Crippen LogP contribution in [-0.2, 0) is 0 Å². The molecule has 16 heavy (non-hydrogen) atoms. The van der Waals surface area contributed by atoms with E-state index >= 15 is 0 Å². The van der Waals surface area contributed by atoms with Gasteiger partial charge in [0.15, 0.2) is 0 Å². The van der Waals surface area contributed by atoms with E-state index in [1.807, 2.05) is 16.7 Å². The molecule has 2 unspecified atom stereocenters. The second-order valence-corrected chi connectivity index (χ2v) is 5.07. The quantitative estimate of drug-likeness (QED) is 0.732. The zero-order valence-corrected chi connectivity index (χ0v) is 10.1. The van der Waals surface area contributed by atoms with Crippen LogP contribution in [0.2, 0.25) is 0 Å². The Balaban J connectivity index is 1.86. The van der Waals surface area contributed by atoms with Crippen molar-refractivity contribution in [3.8, 4) is 0 Å². The fraction of sp³-hybridized carbons (Fsp3) is 0.917. The third-order valence-electron chi connectivity index (χ3n) is 3.80. The summed E-state index contributed by atoms with van der Waals surface area (Å²) in [5, 5.41) is 9.51. The Morgan fingerprint density at radius 1 is 1.19 bits per heavy atom. The van der Waals surface area contributed by atoms with E-state index in [0.717, 1.165) is 45.4 Å². The molecular weight excluding hydrogens is 204 g/mol. The van der Waals surface area contributed by atoms with Crippen LogP contribution in [0.25, 0.3) is 0 Å². The molecule has 2 aliphatic rings. The molecule has 0 radical (unpaired) electrons. The van der Waals surface area contributed by atoms with Gasteiger partial charge < -0.3 is 14.9 Å². The van der Waals surface area contributed by atoms with Crippen LogP contribution in [0.4, 0.5) is 4.79 Å². The molecule has 2 aliphatic heterocycles. The van der Waals surface area contributed by atoms with Crippen molar-refractivity contribution in [3.05, 3.63) is 0 Å². The van der Waals surface area contributed by atoms with Crippen molar-refractivity contribution in [1.82, 2.24) is 9.80 Å². The van der Waals surface area contributed by atoms with Crippen LogP contribution in [0, 0.1) is 5.92 Å². The first-order valence-electron chi connectivity index (χ1n) is 6.40. The van der Waals surface area contributed by atoms with Gasteiger partial charge in [-0.25, -0.2) is 4.79 Å². The normalized spacial score (nSPS) is 28.2. The van der Waals surface area contributed by atoms with Crippen molar-refractivity contribution >= 4 is 6.03 Å². The highest BCUT2D eigenvalue weighted by atomic mass is 16.3. The van der Waals surface area contributed by atoms with Gasteiger partial charge in [0, 0.05) is 32.1 Å². The average Bonchev–Trinajstić information content (AvgIpc) is 2.78. The molecule has 0 saturated carbocycles. The lowest BCUT2D eigenvalue weighted by atomic mass is 10.0. The molecule has 2 heterocycles. The van der Waals surface area contributed by atoms with Gasteiger partial charge in [-0.05, 0) is 32.6 Å². The summed E-state index contributed by atoms with van der Waals surface area (Å²) in [5.41, 5.74) is 0. The van der Waals surface area contributed by atoms with E-state index in [-0.39, 0.29) is 18.1 Å². The number of hydrogen-bond donors (Lipinski definition) is 1. The summed E-state index contributed by atoms with van der Waals surface area (Å²) in [6, 6.07) is 0.183. The summed E-state index contributed by atoms with van der Waals surface area (Å²) in [5.74, 6) is 0.272. The minimum atomic E-state index is -0.292. The molecule has 4 heteroatoms. The maximum absolute atomic E-state index is 12.1. The van der Waals surface area contributed by atoms with Gasteiger partial charge in [-0.1, -0.05) is 0 Å². The van der Waals surface area contributed by atoms with Gasteiger partial charge in [0.25, 0.3) is 0 Å². The summed E-state index contributed by atoms with van der Waals surface area (Å²) >= 11 is 0. The largest absolute Gasteiger partial charge is 0.393 e. The first kappa shape index (κ1) is 11.7. The van der Waals surface area contributed by atoms with E-state index in [4.69, 9.17) is 0 Å². The Bertz CT molecular complexity index is 249. The zero-order chi connectivity index (χ0) is 11.5. The molecule has 0 spiro atoms. The molecule has 2 atom stereocenters. The van der Waals surface area contributed by atoms with Gasteiger partial charge in [-0.2, -0.15) is 0 Å². The molecule has 2 fully saturated rings. The Morgan fingerprint density at radius 3 is 2.44 bits per heavy atom. The predicted octanol–water partition coefficient (Wildman–Crippen LogP) is 1.30. The number of nitrogens with zero attached hydrogens (tertiary/aromatic N) is 2. The number of aliphatic hydroxyl groups excluding tert-OH is 1. The predicted molar refractivity (Wildman–Crippen MR) is 62.2 cm³/mol. The van der Waals surface area contributed by atoms with Crippen LogP contribution in [-0.4, -0.2) is 53.2 Å². The summed E-state index contributed by atoms with van der Waals surface area (Å²) < 4.78 is 0. The lowest BCUT2D eigenvalue weighted by Gasteiger charge is -2.31. The second kappa shape index (κ2) is 5.04. The van der Waals surface area contributed by atoms with Gasteiger partial charge >= 0.3 is 6.03 Å². The maximum atomic E-state index is 12.1. The van der Waals surface area contributed by atoms with Gasteiger partial charge in [0.1, 0.15) is 0 Å². The van der Waals surface area contributed by atoms with E-state index in [0.29, 0.717) is 0 Å². The van der Waals surface area contributed by atoms with Crippen molar-refractivity contribution in [1.29, 1.82) is 0 Å². The molecule has 2 saturated heterocycles. The third-order valence-corrected chi connectivity index (χ3v) is 3.80. The molecular formula is C12H22N2O2. The van der Waals surface area contributed by atoms with Crippen LogP contribution in [0.3, 0.4) is 0 Å². The summed E-state index contributed by atoms with van der Waals surface area (Å²) in [7, 11) is 0. The summed E-state index contributed by atoms with van der Waals surface area (Å²) in [6.07, 6.45) is 4.18. The molecule has 0 aromatic carbocycles. The van der Waals surface area contributed by atoms with Gasteiger partial charge in [0.2, 0.25) is 0 Å². The number of rotatable bonds is 1. The highest BCUT2D eigenvalue weighted by Crippen LogP contribution is 2.22. The standard InChI is InChI=1S/C12H22N2O2/c1-10(15)11-5-8-14(9-11)12(16)13-6-3-2-4-7-13/h10-11,15H,2-9H2,1H3. The Kier molecular flexibility index (Phi) is 3.69. The van der Waals surface area contributed by atoms with Crippen LogP contribution < -0.4 is 0 Å². The summed E-state index contributed by atoms with van der Waals surface area (Å²) in [6.45, 7) is 5.18.